The zero-order valence-corrected chi connectivity index (χ0v) is 8.58. The Morgan fingerprint density at radius 1 is 1.46 bits per heavy atom. The number of anilines is 1. The first-order chi connectivity index (χ1) is 6.22. The van der Waals surface area contributed by atoms with Crippen molar-refractivity contribution in [2.24, 2.45) is 0 Å². The molecule has 0 unspecified atom stereocenters. The van der Waals surface area contributed by atoms with E-state index in [1.165, 1.54) is 0 Å². The zero-order chi connectivity index (χ0) is 9.42. The van der Waals surface area contributed by atoms with Gasteiger partial charge in [-0.2, -0.15) is 0 Å². The molecule has 2 nitrogen and oxygen atoms in total. The molecule has 0 saturated carbocycles. The van der Waals surface area contributed by atoms with Gasteiger partial charge in [-0.15, -0.1) is 11.3 Å². The Labute approximate surface area is 84.9 Å². The summed E-state index contributed by atoms with van der Waals surface area (Å²) >= 11 is 7.52. The Bertz CT molecular complexity index is 452. The number of halogens is 1. The van der Waals surface area contributed by atoms with Gasteiger partial charge in [0.05, 0.1) is 22.5 Å². The molecule has 0 aliphatic carbocycles. The third kappa shape index (κ3) is 1.34. The van der Waals surface area contributed by atoms with Gasteiger partial charge in [-0.3, -0.25) is 0 Å². The minimum Gasteiger partial charge on any atom is -0.497 e. The van der Waals surface area contributed by atoms with Crippen molar-refractivity contribution in [3.8, 4) is 5.75 Å². The van der Waals surface area contributed by atoms with E-state index in [9.17, 15) is 0 Å². The first-order valence-electron chi connectivity index (χ1n) is 3.72. The van der Waals surface area contributed by atoms with Gasteiger partial charge in [-0.1, -0.05) is 11.6 Å². The van der Waals surface area contributed by atoms with Gasteiger partial charge >= 0.3 is 0 Å². The first-order valence-corrected chi connectivity index (χ1v) is 4.98. The number of methoxy groups -OCH3 is 1. The fourth-order valence-corrected chi connectivity index (χ4v) is 2.40. The van der Waals surface area contributed by atoms with Gasteiger partial charge in [0.1, 0.15) is 5.75 Å². The molecule has 0 spiro atoms. The summed E-state index contributed by atoms with van der Waals surface area (Å²) in [5, 5.41) is 3.57. The molecule has 1 aromatic heterocycles. The lowest BCUT2D eigenvalue weighted by Gasteiger charge is -2.02. The average molecular weight is 214 g/mol. The largest absolute Gasteiger partial charge is 0.497 e. The van der Waals surface area contributed by atoms with Gasteiger partial charge in [0, 0.05) is 16.8 Å². The van der Waals surface area contributed by atoms with Crippen LogP contribution in [0, 0.1) is 0 Å². The third-order valence-corrected chi connectivity index (χ3v) is 3.35. The highest BCUT2D eigenvalue weighted by molar-refractivity contribution is 7.18. The summed E-state index contributed by atoms with van der Waals surface area (Å²) in [4.78, 5) is 0. The molecule has 0 aliphatic rings. The smallest absolute Gasteiger partial charge is 0.121 e. The molecule has 0 aliphatic heterocycles. The number of hydrogen-bond acceptors (Lipinski definition) is 3. The van der Waals surface area contributed by atoms with Crippen molar-refractivity contribution in [2.45, 2.75) is 0 Å². The molecule has 0 bridgehead atoms. The van der Waals surface area contributed by atoms with E-state index in [1.54, 1.807) is 24.5 Å². The lowest BCUT2D eigenvalue weighted by Crippen LogP contribution is -1.87. The average Bonchev–Trinajstić information content (AvgIpc) is 2.48. The van der Waals surface area contributed by atoms with Crippen LogP contribution < -0.4 is 10.5 Å². The van der Waals surface area contributed by atoms with E-state index in [-0.39, 0.29) is 0 Å². The quantitative estimate of drug-likeness (QED) is 0.739. The predicted molar refractivity (Wildman–Crippen MR) is 57.8 cm³/mol. The van der Waals surface area contributed by atoms with Crippen LogP contribution in [-0.4, -0.2) is 7.11 Å². The van der Waals surface area contributed by atoms with E-state index in [0.717, 1.165) is 20.9 Å². The lowest BCUT2D eigenvalue weighted by molar-refractivity contribution is 0.415. The Kier molecular flexibility index (Phi) is 2.06. The van der Waals surface area contributed by atoms with Crippen LogP contribution in [0.1, 0.15) is 0 Å². The van der Waals surface area contributed by atoms with Crippen LogP contribution in [0.2, 0.25) is 5.02 Å². The number of thiophene rings is 1. The van der Waals surface area contributed by atoms with E-state index in [0.29, 0.717) is 5.69 Å². The van der Waals surface area contributed by atoms with Crippen LogP contribution in [0.4, 0.5) is 5.69 Å². The van der Waals surface area contributed by atoms with Gasteiger partial charge in [-0.25, -0.2) is 0 Å². The van der Waals surface area contributed by atoms with Gasteiger partial charge in [0.2, 0.25) is 0 Å². The summed E-state index contributed by atoms with van der Waals surface area (Å²) in [5.41, 5.74) is 6.53. The topological polar surface area (TPSA) is 35.2 Å². The van der Waals surface area contributed by atoms with Gasteiger partial charge in [0.25, 0.3) is 0 Å². The number of benzene rings is 1. The van der Waals surface area contributed by atoms with Crippen molar-refractivity contribution in [2.75, 3.05) is 12.8 Å². The SMILES string of the molecule is COc1cc(N)c2scc(Cl)c2c1. The Morgan fingerprint density at radius 3 is 2.92 bits per heavy atom. The van der Waals surface area contributed by atoms with Crippen LogP contribution in [0.25, 0.3) is 10.1 Å². The summed E-state index contributed by atoms with van der Waals surface area (Å²) in [6.07, 6.45) is 0. The van der Waals surface area contributed by atoms with E-state index in [2.05, 4.69) is 0 Å². The number of hydrogen-bond donors (Lipinski definition) is 1. The standard InChI is InChI=1S/C9H8ClNOS/c1-12-5-2-6-7(10)4-13-9(6)8(11)3-5/h2-4H,11H2,1H3. The van der Waals surface area contributed by atoms with Crippen LogP contribution >= 0.6 is 22.9 Å². The Hall–Kier alpha value is -0.930. The lowest BCUT2D eigenvalue weighted by atomic mass is 10.2. The van der Waals surface area contributed by atoms with Crippen molar-refractivity contribution >= 4 is 38.7 Å². The Morgan fingerprint density at radius 2 is 2.23 bits per heavy atom. The minimum absolute atomic E-state index is 0.714. The highest BCUT2D eigenvalue weighted by Crippen LogP contribution is 2.36. The second-order valence-corrected chi connectivity index (χ2v) is 3.96. The fraction of sp³-hybridized carbons (Fsp3) is 0.111. The summed E-state index contributed by atoms with van der Waals surface area (Å²) < 4.78 is 6.11. The first kappa shape index (κ1) is 8.66. The van der Waals surface area contributed by atoms with Crippen LogP contribution in [0.3, 0.4) is 0 Å². The van der Waals surface area contributed by atoms with Crippen LogP contribution in [-0.2, 0) is 0 Å². The third-order valence-electron chi connectivity index (χ3n) is 1.86. The summed E-state index contributed by atoms with van der Waals surface area (Å²) in [6, 6.07) is 3.69. The molecule has 1 aromatic carbocycles. The van der Waals surface area contributed by atoms with Crippen molar-refractivity contribution in [3.63, 3.8) is 0 Å². The van der Waals surface area contributed by atoms with Crippen molar-refractivity contribution in [3.05, 3.63) is 22.5 Å². The molecule has 13 heavy (non-hydrogen) atoms. The highest BCUT2D eigenvalue weighted by atomic mass is 35.5. The molecule has 68 valence electrons. The highest BCUT2D eigenvalue weighted by Gasteiger charge is 2.06. The molecule has 2 N–H and O–H groups in total. The second kappa shape index (κ2) is 3.09. The molecule has 0 amide bonds. The molecule has 1 heterocycles. The summed E-state index contributed by atoms with van der Waals surface area (Å²) in [6.45, 7) is 0. The summed E-state index contributed by atoms with van der Waals surface area (Å²) in [5.74, 6) is 0.741. The maximum absolute atomic E-state index is 5.97. The predicted octanol–water partition coefficient (Wildman–Crippen LogP) is 3.15. The van der Waals surface area contributed by atoms with Crippen molar-refractivity contribution in [1.29, 1.82) is 0 Å². The normalized spacial score (nSPS) is 10.6. The van der Waals surface area contributed by atoms with Gasteiger partial charge in [-0.05, 0) is 6.07 Å². The minimum atomic E-state index is 0.714. The van der Waals surface area contributed by atoms with Gasteiger partial charge in [0.15, 0.2) is 0 Å². The molecular formula is C9H8ClNOS. The molecule has 0 atom stereocenters. The molecule has 4 heteroatoms. The number of nitrogens with two attached hydrogens (primary N) is 1. The molecule has 0 saturated heterocycles. The van der Waals surface area contributed by atoms with E-state index in [4.69, 9.17) is 22.1 Å². The van der Waals surface area contributed by atoms with Crippen molar-refractivity contribution < 1.29 is 4.74 Å². The van der Waals surface area contributed by atoms with E-state index >= 15 is 0 Å². The molecular weight excluding hydrogens is 206 g/mol. The van der Waals surface area contributed by atoms with Gasteiger partial charge < -0.3 is 10.5 Å². The molecule has 2 rings (SSSR count). The monoisotopic (exact) mass is 213 g/mol. The number of nitrogen functional groups attached to an aromatic ring is 1. The molecule has 0 radical (unpaired) electrons. The number of rotatable bonds is 1. The summed E-state index contributed by atoms with van der Waals surface area (Å²) in [7, 11) is 1.61. The van der Waals surface area contributed by atoms with E-state index in [1.807, 2.05) is 11.4 Å². The number of ether oxygens (including phenoxy) is 1. The maximum atomic E-state index is 5.97. The zero-order valence-electron chi connectivity index (χ0n) is 7.00. The Balaban J connectivity index is 2.80. The number of fused-ring (bicyclic) bond motifs is 1. The van der Waals surface area contributed by atoms with E-state index < -0.39 is 0 Å². The van der Waals surface area contributed by atoms with Crippen LogP contribution in [0.5, 0.6) is 5.75 Å². The maximum Gasteiger partial charge on any atom is 0.121 e. The van der Waals surface area contributed by atoms with Crippen molar-refractivity contribution in [1.82, 2.24) is 0 Å². The fourth-order valence-electron chi connectivity index (χ4n) is 1.22. The molecule has 0 fully saturated rings. The van der Waals surface area contributed by atoms with Crippen LogP contribution in [0.15, 0.2) is 17.5 Å². The molecule has 2 aromatic rings. The second-order valence-electron chi connectivity index (χ2n) is 2.68.